The second-order valence-electron chi connectivity index (χ2n) is 9.01. The molecule has 0 spiro atoms. The zero-order valence-electron chi connectivity index (χ0n) is 21.8. The molecule has 1 saturated heterocycles. The van der Waals surface area contributed by atoms with Gasteiger partial charge in [0.15, 0.2) is 11.5 Å². The molecular weight excluding hydrogens is 462 g/mol. The van der Waals surface area contributed by atoms with E-state index in [4.69, 9.17) is 18.9 Å². The van der Waals surface area contributed by atoms with Crippen molar-refractivity contribution < 1.29 is 33.6 Å². The molecule has 0 unspecified atom stereocenters. The van der Waals surface area contributed by atoms with Crippen LogP contribution in [0.25, 0.3) is 5.76 Å². The van der Waals surface area contributed by atoms with Crippen molar-refractivity contribution in [1.82, 2.24) is 4.90 Å². The molecule has 0 radical (unpaired) electrons. The first-order valence-electron chi connectivity index (χ1n) is 12.0. The Labute approximate surface area is 212 Å². The molecule has 0 aliphatic carbocycles. The SMILES string of the molecule is CCOc1ccc([C@@H]2C(=C(O)c3ccc(OCC(C)C)cc3C)C(=O)C(=O)N2CCOC)cc1OC. The second-order valence-corrected chi connectivity index (χ2v) is 9.01. The largest absolute Gasteiger partial charge is 0.507 e. The van der Waals surface area contributed by atoms with Gasteiger partial charge in [-0.15, -0.1) is 0 Å². The number of ketones is 1. The first-order chi connectivity index (χ1) is 17.2. The lowest BCUT2D eigenvalue weighted by Gasteiger charge is -2.26. The zero-order chi connectivity index (χ0) is 26.4. The maximum Gasteiger partial charge on any atom is 0.295 e. The summed E-state index contributed by atoms with van der Waals surface area (Å²) < 4.78 is 22.1. The van der Waals surface area contributed by atoms with Crippen molar-refractivity contribution in [2.24, 2.45) is 5.92 Å². The minimum atomic E-state index is -0.819. The smallest absolute Gasteiger partial charge is 0.295 e. The van der Waals surface area contributed by atoms with Crippen LogP contribution in [0.5, 0.6) is 17.2 Å². The number of amides is 1. The normalized spacial score (nSPS) is 17.1. The van der Waals surface area contributed by atoms with Crippen LogP contribution in [0, 0.1) is 12.8 Å². The van der Waals surface area contributed by atoms with E-state index in [0.717, 1.165) is 5.56 Å². The van der Waals surface area contributed by atoms with Crippen molar-refractivity contribution in [3.05, 3.63) is 58.7 Å². The standard InChI is InChI=1S/C28H35NO7/c1-7-35-22-11-8-19(15-23(22)34-6)25-24(27(31)28(32)29(25)12-13-33-5)26(30)21-10-9-20(14-18(21)4)36-16-17(2)3/h8-11,14-15,17,25,30H,7,12-13,16H2,1-6H3/t25-/m1/s1. The monoisotopic (exact) mass is 497 g/mol. The molecule has 2 aromatic carbocycles. The van der Waals surface area contributed by atoms with Crippen molar-refractivity contribution in [1.29, 1.82) is 0 Å². The molecule has 1 atom stereocenters. The van der Waals surface area contributed by atoms with Crippen LogP contribution in [0.1, 0.15) is 43.5 Å². The molecule has 1 aliphatic heterocycles. The number of carbonyl (C=O) groups is 2. The van der Waals surface area contributed by atoms with Crippen LogP contribution >= 0.6 is 0 Å². The number of methoxy groups -OCH3 is 2. The predicted molar refractivity (Wildman–Crippen MR) is 137 cm³/mol. The van der Waals surface area contributed by atoms with E-state index in [2.05, 4.69) is 13.8 Å². The average Bonchev–Trinajstić information content (AvgIpc) is 3.11. The van der Waals surface area contributed by atoms with Gasteiger partial charge in [0.05, 0.1) is 38.5 Å². The summed E-state index contributed by atoms with van der Waals surface area (Å²) in [5, 5.41) is 11.4. The Kier molecular flexibility index (Phi) is 8.98. The number of aliphatic hydroxyl groups excluding tert-OH is 1. The van der Waals surface area contributed by atoms with Crippen LogP contribution in [-0.2, 0) is 14.3 Å². The zero-order valence-corrected chi connectivity index (χ0v) is 21.8. The molecule has 1 aliphatic rings. The average molecular weight is 498 g/mol. The summed E-state index contributed by atoms with van der Waals surface area (Å²) >= 11 is 0. The summed E-state index contributed by atoms with van der Waals surface area (Å²) in [6, 6.07) is 9.69. The highest BCUT2D eigenvalue weighted by Gasteiger charge is 2.46. The summed E-state index contributed by atoms with van der Waals surface area (Å²) in [5.74, 6) is 0.375. The minimum Gasteiger partial charge on any atom is -0.507 e. The van der Waals surface area contributed by atoms with Gasteiger partial charge in [-0.05, 0) is 61.2 Å². The number of ether oxygens (including phenoxy) is 4. The van der Waals surface area contributed by atoms with E-state index in [1.807, 2.05) is 19.9 Å². The number of likely N-dealkylation sites (tertiary alicyclic amines) is 1. The van der Waals surface area contributed by atoms with Crippen LogP contribution in [0.4, 0.5) is 0 Å². The molecule has 2 aromatic rings. The highest BCUT2D eigenvalue weighted by molar-refractivity contribution is 6.46. The molecule has 194 valence electrons. The lowest BCUT2D eigenvalue weighted by atomic mass is 9.93. The highest BCUT2D eigenvalue weighted by atomic mass is 16.5. The van der Waals surface area contributed by atoms with E-state index in [-0.39, 0.29) is 24.5 Å². The van der Waals surface area contributed by atoms with Gasteiger partial charge in [-0.1, -0.05) is 19.9 Å². The fourth-order valence-corrected chi connectivity index (χ4v) is 4.18. The number of rotatable bonds is 11. The van der Waals surface area contributed by atoms with E-state index in [0.29, 0.717) is 47.5 Å². The highest BCUT2D eigenvalue weighted by Crippen LogP contribution is 2.42. The molecule has 0 aromatic heterocycles. The quantitative estimate of drug-likeness (QED) is 0.277. The van der Waals surface area contributed by atoms with E-state index < -0.39 is 17.7 Å². The number of nitrogens with zero attached hydrogens (tertiary/aromatic N) is 1. The number of benzene rings is 2. The lowest BCUT2D eigenvalue weighted by molar-refractivity contribution is -0.140. The Morgan fingerprint density at radius 3 is 2.42 bits per heavy atom. The van der Waals surface area contributed by atoms with Crippen molar-refractivity contribution in [2.45, 2.75) is 33.7 Å². The molecule has 3 rings (SSSR count). The van der Waals surface area contributed by atoms with Gasteiger partial charge in [-0.25, -0.2) is 0 Å². The molecule has 1 amide bonds. The van der Waals surface area contributed by atoms with E-state index >= 15 is 0 Å². The van der Waals surface area contributed by atoms with Crippen LogP contribution in [-0.4, -0.2) is 62.3 Å². The van der Waals surface area contributed by atoms with Gasteiger partial charge < -0.3 is 29.0 Å². The van der Waals surface area contributed by atoms with Crippen LogP contribution < -0.4 is 14.2 Å². The number of hydrogen-bond donors (Lipinski definition) is 1. The Balaban J connectivity index is 2.12. The molecule has 0 saturated carbocycles. The van der Waals surface area contributed by atoms with Crippen molar-refractivity contribution in [3.63, 3.8) is 0 Å². The van der Waals surface area contributed by atoms with E-state index in [1.165, 1.54) is 19.1 Å². The summed E-state index contributed by atoms with van der Waals surface area (Å²) in [6.07, 6.45) is 0. The third-order valence-electron chi connectivity index (χ3n) is 5.92. The summed E-state index contributed by atoms with van der Waals surface area (Å²) in [4.78, 5) is 27.7. The molecule has 8 heteroatoms. The minimum absolute atomic E-state index is 0.0151. The van der Waals surface area contributed by atoms with Gasteiger partial charge in [0.25, 0.3) is 11.7 Å². The van der Waals surface area contributed by atoms with E-state index in [1.54, 1.807) is 30.3 Å². The number of aliphatic hydroxyl groups is 1. The van der Waals surface area contributed by atoms with Crippen LogP contribution in [0.2, 0.25) is 0 Å². The molecular formula is C28H35NO7. The fraction of sp³-hybridized carbons (Fsp3) is 0.429. The number of carbonyl (C=O) groups excluding carboxylic acids is 2. The number of Topliss-reactive ketones (excluding diaryl/α,β-unsaturated/α-hetero) is 1. The third-order valence-corrected chi connectivity index (χ3v) is 5.92. The van der Waals surface area contributed by atoms with Crippen LogP contribution in [0.15, 0.2) is 42.0 Å². The third kappa shape index (κ3) is 5.65. The second kappa shape index (κ2) is 11.9. The molecule has 0 bridgehead atoms. The van der Waals surface area contributed by atoms with Gasteiger partial charge in [-0.3, -0.25) is 9.59 Å². The summed E-state index contributed by atoms with van der Waals surface area (Å²) in [7, 11) is 3.05. The fourth-order valence-electron chi connectivity index (χ4n) is 4.18. The Hall–Kier alpha value is -3.52. The van der Waals surface area contributed by atoms with Gasteiger partial charge in [-0.2, -0.15) is 0 Å². The van der Waals surface area contributed by atoms with E-state index in [9.17, 15) is 14.7 Å². The maximum absolute atomic E-state index is 13.2. The molecule has 1 N–H and O–H groups in total. The predicted octanol–water partition coefficient (Wildman–Crippen LogP) is 4.51. The molecule has 36 heavy (non-hydrogen) atoms. The van der Waals surface area contributed by atoms with Crippen molar-refractivity contribution >= 4 is 17.4 Å². The number of aryl methyl sites for hydroxylation is 1. The maximum atomic E-state index is 13.2. The molecule has 8 nitrogen and oxygen atoms in total. The van der Waals surface area contributed by atoms with Crippen LogP contribution in [0.3, 0.4) is 0 Å². The molecule has 1 fully saturated rings. The summed E-state index contributed by atoms with van der Waals surface area (Å²) in [6.45, 7) is 9.25. The first-order valence-corrected chi connectivity index (χ1v) is 12.0. The Morgan fingerprint density at radius 2 is 1.81 bits per heavy atom. The first kappa shape index (κ1) is 27.1. The number of hydrogen-bond acceptors (Lipinski definition) is 7. The summed E-state index contributed by atoms with van der Waals surface area (Å²) in [5.41, 5.74) is 1.81. The lowest BCUT2D eigenvalue weighted by Crippen LogP contribution is -2.32. The Bertz CT molecular complexity index is 1140. The van der Waals surface area contributed by atoms with Crippen molar-refractivity contribution in [2.75, 3.05) is 40.6 Å². The van der Waals surface area contributed by atoms with Gasteiger partial charge >= 0.3 is 0 Å². The van der Waals surface area contributed by atoms with Crippen molar-refractivity contribution in [3.8, 4) is 17.2 Å². The molecule has 1 heterocycles. The van der Waals surface area contributed by atoms with Gasteiger partial charge in [0, 0.05) is 19.2 Å². The topological polar surface area (TPSA) is 94.5 Å². The van der Waals surface area contributed by atoms with Gasteiger partial charge in [0.2, 0.25) is 0 Å². The van der Waals surface area contributed by atoms with Gasteiger partial charge in [0.1, 0.15) is 11.5 Å². The Morgan fingerprint density at radius 1 is 1.06 bits per heavy atom.